The first kappa shape index (κ1) is 16.3. The van der Waals surface area contributed by atoms with Gasteiger partial charge in [-0.25, -0.2) is 4.39 Å². The number of nitrogens with one attached hydrogen (secondary N) is 1. The van der Waals surface area contributed by atoms with Crippen molar-refractivity contribution in [2.75, 3.05) is 12.3 Å². The number of halogens is 1. The van der Waals surface area contributed by atoms with Crippen molar-refractivity contribution >= 4 is 17.7 Å². The van der Waals surface area contributed by atoms with E-state index < -0.39 is 0 Å². The summed E-state index contributed by atoms with van der Waals surface area (Å²) in [5.74, 6) is 1.69. The number of thioether (sulfide) groups is 1. The van der Waals surface area contributed by atoms with Gasteiger partial charge in [0.2, 0.25) is 5.91 Å². The first-order valence-electron chi connectivity index (χ1n) is 7.50. The van der Waals surface area contributed by atoms with Gasteiger partial charge in [-0.15, -0.1) is 0 Å². The highest BCUT2D eigenvalue weighted by Crippen LogP contribution is 2.26. The van der Waals surface area contributed by atoms with Crippen LogP contribution >= 0.6 is 11.8 Å². The molecule has 0 bridgehead atoms. The number of rotatable bonds is 7. The number of carbonyl (C=O) groups is 1. The standard InChI is InChI=1S/C16H23FN2OS/c17-14-6-2-1-4-13(14)11-21-9-8-19-16(20)10-12-5-3-7-15(12)18/h1-2,4,6,12,15H,3,5,7-11,18H2,(H,19,20)/t12-,15+/m0/s1. The van der Waals surface area contributed by atoms with E-state index in [1.807, 2.05) is 6.07 Å². The van der Waals surface area contributed by atoms with E-state index >= 15 is 0 Å². The van der Waals surface area contributed by atoms with E-state index in [2.05, 4.69) is 5.32 Å². The van der Waals surface area contributed by atoms with Crippen LogP contribution in [0.3, 0.4) is 0 Å². The summed E-state index contributed by atoms with van der Waals surface area (Å²) in [5, 5.41) is 2.92. The molecule has 0 unspecified atom stereocenters. The third-order valence-corrected chi connectivity index (χ3v) is 4.96. The van der Waals surface area contributed by atoms with Crippen LogP contribution in [-0.4, -0.2) is 24.2 Å². The summed E-state index contributed by atoms with van der Waals surface area (Å²) in [6.07, 6.45) is 3.78. The van der Waals surface area contributed by atoms with Crippen LogP contribution < -0.4 is 11.1 Å². The summed E-state index contributed by atoms with van der Waals surface area (Å²) in [4.78, 5) is 11.8. The van der Waals surface area contributed by atoms with Crippen LogP contribution in [0.4, 0.5) is 4.39 Å². The third kappa shape index (κ3) is 5.32. The Balaban J connectivity index is 1.57. The summed E-state index contributed by atoms with van der Waals surface area (Å²) in [6, 6.07) is 6.99. The van der Waals surface area contributed by atoms with Gasteiger partial charge in [-0.2, -0.15) is 11.8 Å². The summed E-state index contributed by atoms with van der Waals surface area (Å²) in [6.45, 7) is 0.625. The Morgan fingerprint density at radius 3 is 2.90 bits per heavy atom. The van der Waals surface area contributed by atoms with E-state index in [-0.39, 0.29) is 17.8 Å². The molecule has 2 atom stereocenters. The van der Waals surface area contributed by atoms with Gasteiger partial charge in [0.15, 0.2) is 0 Å². The Labute approximate surface area is 129 Å². The second-order valence-electron chi connectivity index (χ2n) is 5.55. The van der Waals surface area contributed by atoms with E-state index in [9.17, 15) is 9.18 Å². The summed E-state index contributed by atoms with van der Waals surface area (Å²) in [7, 11) is 0. The van der Waals surface area contributed by atoms with Crippen molar-refractivity contribution in [2.24, 2.45) is 11.7 Å². The second-order valence-corrected chi connectivity index (χ2v) is 6.66. The average Bonchev–Trinajstić information content (AvgIpc) is 2.86. The maximum atomic E-state index is 13.4. The Kier molecular flexibility index (Phi) is 6.51. The monoisotopic (exact) mass is 310 g/mol. The molecule has 116 valence electrons. The molecule has 0 heterocycles. The molecule has 1 aromatic carbocycles. The van der Waals surface area contributed by atoms with Crippen LogP contribution in [0, 0.1) is 11.7 Å². The quantitative estimate of drug-likeness (QED) is 0.761. The maximum Gasteiger partial charge on any atom is 0.220 e. The lowest BCUT2D eigenvalue weighted by atomic mass is 10.00. The fraction of sp³-hybridized carbons (Fsp3) is 0.562. The largest absolute Gasteiger partial charge is 0.355 e. The molecule has 1 amide bonds. The van der Waals surface area contributed by atoms with Gasteiger partial charge in [0, 0.05) is 30.5 Å². The normalized spacial score (nSPS) is 21.4. The molecular weight excluding hydrogens is 287 g/mol. The zero-order chi connectivity index (χ0) is 15.1. The molecule has 0 radical (unpaired) electrons. The molecule has 1 saturated carbocycles. The van der Waals surface area contributed by atoms with Crippen LogP contribution in [0.25, 0.3) is 0 Å². The van der Waals surface area contributed by atoms with Crippen LogP contribution in [0.15, 0.2) is 24.3 Å². The first-order valence-corrected chi connectivity index (χ1v) is 8.65. The molecule has 0 spiro atoms. The van der Waals surface area contributed by atoms with Crippen molar-refractivity contribution in [1.82, 2.24) is 5.32 Å². The SMILES string of the molecule is N[C@@H]1CCC[C@H]1CC(=O)NCCSCc1ccccc1F. The molecule has 21 heavy (non-hydrogen) atoms. The van der Waals surface area contributed by atoms with Gasteiger partial charge in [0.05, 0.1) is 0 Å². The molecule has 2 rings (SSSR count). The molecule has 0 aliphatic heterocycles. The Hall–Kier alpha value is -1.07. The number of carbonyl (C=O) groups excluding carboxylic acids is 1. The third-order valence-electron chi connectivity index (χ3n) is 3.95. The van der Waals surface area contributed by atoms with Crippen molar-refractivity contribution in [2.45, 2.75) is 37.5 Å². The van der Waals surface area contributed by atoms with E-state index in [1.165, 1.54) is 6.07 Å². The Morgan fingerprint density at radius 1 is 1.38 bits per heavy atom. The van der Waals surface area contributed by atoms with Crippen molar-refractivity contribution in [3.05, 3.63) is 35.6 Å². The van der Waals surface area contributed by atoms with Gasteiger partial charge < -0.3 is 11.1 Å². The number of amides is 1. The lowest BCUT2D eigenvalue weighted by Crippen LogP contribution is -2.32. The minimum Gasteiger partial charge on any atom is -0.355 e. The lowest BCUT2D eigenvalue weighted by Gasteiger charge is -2.14. The van der Waals surface area contributed by atoms with E-state index in [1.54, 1.807) is 23.9 Å². The highest BCUT2D eigenvalue weighted by Gasteiger charge is 2.25. The summed E-state index contributed by atoms with van der Waals surface area (Å²) >= 11 is 1.63. The van der Waals surface area contributed by atoms with Crippen LogP contribution in [0.1, 0.15) is 31.2 Å². The molecule has 0 aromatic heterocycles. The molecular formula is C16H23FN2OS. The lowest BCUT2D eigenvalue weighted by molar-refractivity contribution is -0.121. The van der Waals surface area contributed by atoms with Crippen LogP contribution in [-0.2, 0) is 10.5 Å². The van der Waals surface area contributed by atoms with Gasteiger partial charge in [-0.3, -0.25) is 4.79 Å². The predicted molar refractivity (Wildman–Crippen MR) is 85.5 cm³/mol. The highest BCUT2D eigenvalue weighted by atomic mass is 32.2. The van der Waals surface area contributed by atoms with Crippen LogP contribution in [0.2, 0.25) is 0 Å². The highest BCUT2D eigenvalue weighted by molar-refractivity contribution is 7.98. The minimum absolute atomic E-state index is 0.0869. The number of nitrogens with two attached hydrogens (primary N) is 1. The Morgan fingerprint density at radius 2 is 2.19 bits per heavy atom. The van der Waals surface area contributed by atoms with E-state index in [0.29, 0.717) is 30.2 Å². The van der Waals surface area contributed by atoms with Crippen molar-refractivity contribution in [3.63, 3.8) is 0 Å². The molecule has 1 fully saturated rings. The Bertz CT molecular complexity index is 469. The predicted octanol–water partition coefficient (Wildman–Crippen LogP) is 2.69. The summed E-state index contributed by atoms with van der Waals surface area (Å²) < 4.78 is 13.4. The fourth-order valence-electron chi connectivity index (χ4n) is 2.69. The molecule has 0 saturated heterocycles. The zero-order valence-corrected chi connectivity index (χ0v) is 13.0. The molecule has 1 aliphatic rings. The number of benzene rings is 1. The van der Waals surface area contributed by atoms with Crippen molar-refractivity contribution in [1.29, 1.82) is 0 Å². The average molecular weight is 310 g/mol. The molecule has 3 N–H and O–H groups in total. The number of hydrogen-bond acceptors (Lipinski definition) is 3. The minimum atomic E-state index is -0.163. The first-order chi connectivity index (χ1) is 10.2. The van der Waals surface area contributed by atoms with Gasteiger partial charge in [0.25, 0.3) is 0 Å². The fourth-order valence-corrected chi connectivity index (χ4v) is 3.53. The van der Waals surface area contributed by atoms with Crippen molar-refractivity contribution in [3.8, 4) is 0 Å². The molecule has 5 heteroatoms. The second kappa shape index (κ2) is 8.39. The topological polar surface area (TPSA) is 55.1 Å². The number of hydrogen-bond donors (Lipinski definition) is 2. The molecule has 1 aliphatic carbocycles. The summed E-state index contributed by atoms with van der Waals surface area (Å²) in [5.41, 5.74) is 6.68. The van der Waals surface area contributed by atoms with Gasteiger partial charge in [-0.1, -0.05) is 24.6 Å². The maximum absolute atomic E-state index is 13.4. The smallest absolute Gasteiger partial charge is 0.220 e. The van der Waals surface area contributed by atoms with Crippen LogP contribution in [0.5, 0.6) is 0 Å². The van der Waals surface area contributed by atoms with E-state index in [4.69, 9.17) is 5.73 Å². The van der Waals surface area contributed by atoms with Gasteiger partial charge in [-0.05, 0) is 30.4 Å². The zero-order valence-electron chi connectivity index (χ0n) is 12.2. The molecule has 3 nitrogen and oxygen atoms in total. The molecule has 1 aromatic rings. The van der Waals surface area contributed by atoms with Crippen molar-refractivity contribution < 1.29 is 9.18 Å². The van der Waals surface area contributed by atoms with Gasteiger partial charge >= 0.3 is 0 Å². The van der Waals surface area contributed by atoms with Gasteiger partial charge in [0.1, 0.15) is 5.82 Å². The van der Waals surface area contributed by atoms with E-state index in [0.717, 1.165) is 25.0 Å².